The SMILES string of the molecule is CCOCCC1(CNC(=NC)NCc2nc(C)c(C)o2)CC1. The second-order valence-electron chi connectivity index (χ2n) is 5.98. The standard InChI is InChI=1S/C16H28N4O2/c1-5-21-9-8-16(6-7-16)11-19-15(17-4)18-10-14-20-12(2)13(3)22-14/h5-11H2,1-4H3,(H2,17,18,19). The van der Waals surface area contributed by atoms with E-state index in [0.717, 1.165) is 43.6 Å². The molecule has 0 aliphatic heterocycles. The van der Waals surface area contributed by atoms with Crippen LogP contribution >= 0.6 is 0 Å². The first-order valence-corrected chi connectivity index (χ1v) is 8.04. The topological polar surface area (TPSA) is 71.7 Å². The van der Waals surface area contributed by atoms with Crippen LogP contribution in [0.4, 0.5) is 0 Å². The average molecular weight is 308 g/mol. The number of ether oxygens (including phenoxy) is 1. The molecular weight excluding hydrogens is 280 g/mol. The third-order valence-electron chi connectivity index (χ3n) is 4.27. The molecule has 1 fully saturated rings. The van der Waals surface area contributed by atoms with Gasteiger partial charge in [-0.05, 0) is 45.4 Å². The number of hydrogen-bond donors (Lipinski definition) is 2. The highest BCUT2D eigenvalue weighted by atomic mass is 16.5. The predicted octanol–water partition coefficient (Wildman–Crippen LogP) is 2.16. The minimum atomic E-state index is 0.392. The van der Waals surface area contributed by atoms with Gasteiger partial charge in [0.25, 0.3) is 0 Å². The van der Waals surface area contributed by atoms with Gasteiger partial charge in [0.1, 0.15) is 5.76 Å². The second kappa shape index (κ2) is 7.63. The molecule has 0 radical (unpaired) electrons. The zero-order chi connectivity index (χ0) is 16.0. The molecule has 0 bridgehead atoms. The summed E-state index contributed by atoms with van der Waals surface area (Å²) in [6.07, 6.45) is 3.65. The fourth-order valence-electron chi connectivity index (χ4n) is 2.39. The molecule has 0 unspecified atom stereocenters. The van der Waals surface area contributed by atoms with Crippen LogP contribution in [0, 0.1) is 19.3 Å². The molecule has 1 heterocycles. The van der Waals surface area contributed by atoms with E-state index in [-0.39, 0.29) is 0 Å². The molecule has 0 saturated heterocycles. The number of aryl methyl sites for hydroxylation is 2. The Balaban J connectivity index is 1.73. The lowest BCUT2D eigenvalue weighted by Crippen LogP contribution is -2.40. The fourth-order valence-corrected chi connectivity index (χ4v) is 2.39. The quantitative estimate of drug-likeness (QED) is 0.437. The van der Waals surface area contributed by atoms with Crippen LogP contribution in [0.1, 0.15) is 43.5 Å². The van der Waals surface area contributed by atoms with Crippen LogP contribution in [-0.2, 0) is 11.3 Å². The van der Waals surface area contributed by atoms with Gasteiger partial charge >= 0.3 is 0 Å². The third-order valence-corrected chi connectivity index (χ3v) is 4.27. The number of aliphatic imine (C=N–C) groups is 1. The van der Waals surface area contributed by atoms with E-state index < -0.39 is 0 Å². The van der Waals surface area contributed by atoms with Crippen molar-refractivity contribution in [1.29, 1.82) is 0 Å². The molecule has 1 aliphatic carbocycles. The van der Waals surface area contributed by atoms with Crippen molar-refractivity contribution in [2.75, 3.05) is 26.8 Å². The molecule has 2 N–H and O–H groups in total. The maximum absolute atomic E-state index is 5.56. The number of guanidine groups is 1. The monoisotopic (exact) mass is 308 g/mol. The molecule has 1 aliphatic rings. The highest BCUT2D eigenvalue weighted by molar-refractivity contribution is 5.79. The summed E-state index contributed by atoms with van der Waals surface area (Å²) in [5.41, 5.74) is 1.33. The maximum atomic E-state index is 5.56. The van der Waals surface area contributed by atoms with E-state index in [1.54, 1.807) is 7.05 Å². The van der Waals surface area contributed by atoms with E-state index in [4.69, 9.17) is 9.15 Å². The lowest BCUT2D eigenvalue weighted by atomic mass is 10.0. The lowest BCUT2D eigenvalue weighted by molar-refractivity contribution is 0.128. The molecule has 1 saturated carbocycles. The van der Waals surface area contributed by atoms with Gasteiger partial charge in [-0.1, -0.05) is 0 Å². The van der Waals surface area contributed by atoms with Crippen molar-refractivity contribution in [3.8, 4) is 0 Å². The molecule has 6 heteroatoms. The van der Waals surface area contributed by atoms with Crippen molar-refractivity contribution < 1.29 is 9.15 Å². The molecule has 0 atom stereocenters. The van der Waals surface area contributed by atoms with Crippen LogP contribution in [0.15, 0.2) is 9.41 Å². The van der Waals surface area contributed by atoms with E-state index in [1.165, 1.54) is 12.8 Å². The number of nitrogens with one attached hydrogen (secondary N) is 2. The Morgan fingerprint density at radius 2 is 2.14 bits per heavy atom. The van der Waals surface area contributed by atoms with E-state index >= 15 is 0 Å². The van der Waals surface area contributed by atoms with Crippen molar-refractivity contribution in [2.24, 2.45) is 10.4 Å². The average Bonchev–Trinajstić information content (AvgIpc) is 3.20. The van der Waals surface area contributed by atoms with Crippen LogP contribution < -0.4 is 10.6 Å². The highest BCUT2D eigenvalue weighted by Crippen LogP contribution is 2.48. The van der Waals surface area contributed by atoms with E-state index in [9.17, 15) is 0 Å². The van der Waals surface area contributed by atoms with Gasteiger partial charge in [0.2, 0.25) is 5.89 Å². The van der Waals surface area contributed by atoms with E-state index in [2.05, 4.69) is 20.6 Å². The number of nitrogens with zero attached hydrogens (tertiary/aromatic N) is 2. The maximum Gasteiger partial charge on any atom is 0.214 e. The number of aromatic nitrogens is 1. The fraction of sp³-hybridized carbons (Fsp3) is 0.750. The molecular formula is C16H28N4O2. The van der Waals surface area contributed by atoms with Crippen LogP contribution in [0.25, 0.3) is 0 Å². The van der Waals surface area contributed by atoms with Crippen LogP contribution in [0.5, 0.6) is 0 Å². The second-order valence-corrected chi connectivity index (χ2v) is 5.98. The summed E-state index contributed by atoms with van der Waals surface area (Å²) >= 11 is 0. The highest BCUT2D eigenvalue weighted by Gasteiger charge is 2.41. The van der Waals surface area contributed by atoms with Gasteiger partial charge in [-0.15, -0.1) is 0 Å². The van der Waals surface area contributed by atoms with Crippen molar-refractivity contribution in [3.63, 3.8) is 0 Å². The first kappa shape index (κ1) is 16.8. The van der Waals surface area contributed by atoms with Crippen LogP contribution in [0.3, 0.4) is 0 Å². The predicted molar refractivity (Wildman–Crippen MR) is 87.0 cm³/mol. The number of oxazole rings is 1. The Bertz CT molecular complexity index is 487. The van der Waals surface area contributed by atoms with E-state index in [1.807, 2.05) is 20.8 Å². The molecule has 6 nitrogen and oxygen atoms in total. The molecule has 0 amide bonds. The zero-order valence-electron chi connectivity index (χ0n) is 14.2. The molecule has 124 valence electrons. The van der Waals surface area contributed by atoms with E-state index in [0.29, 0.717) is 17.9 Å². The van der Waals surface area contributed by atoms with Gasteiger partial charge in [-0.25, -0.2) is 4.98 Å². The molecule has 22 heavy (non-hydrogen) atoms. The minimum Gasteiger partial charge on any atom is -0.444 e. The van der Waals surface area contributed by atoms with Gasteiger partial charge in [0.05, 0.1) is 12.2 Å². The summed E-state index contributed by atoms with van der Waals surface area (Å²) in [5, 5.41) is 6.65. The Hall–Kier alpha value is -1.56. The first-order chi connectivity index (χ1) is 10.6. The largest absolute Gasteiger partial charge is 0.444 e. The molecule has 1 aromatic rings. The summed E-state index contributed by atoms with van der Waals surface area (Å²) in [7, 11) is 1.78. The third kappa shape index (κ3) is 4.73. The first-order valence-electron chi connectivity index (χ1n) is 8.04. The summed E-state index contributed by atoms with van der Waals surface area (Å²) in [6, 6.07) is 0. The molecule has 0 spiro atoms. The Kier molecular flexibility index (Phi) is 5.83. The number of rotatable bonds is 8. The zero-order valence-corrected chi connectivity index (χ0v) is 14.2. The lowest BCUT2D eigenvalue weighted by Gasteiger charge is -2.18. The Morgan fingerprint density at radius 3 is 2.68 bits per heavy atom. The van der Waals surface area contributed by atoms with Crippen molar-refractivity contribution >= 4 is 5.96 Å². The van der Waals surface area contributed by atoms with Gasteiger partial charge in [0, 0.05) is 26.8 Å². The smallest absolute Gasteiger partial charge is 0.214 e. The number of hydrogen-bond acceptors (Lipinski definition) is 4. The minimum absolute atomic E-state index is 0.392. The van der Waals surface area contributed by atoms with Crippen LogP contribution in [0.2, 0.25) is 0 Å². The summed E-state index contributed by atoms with van der Waals surface area (Å²) < 4.78 is 11.0. The van der Waals surface area contributed by atoms with Gasteiger partial charge < -0.3 is 19.8 Å². The Labute approximate surface area is 132 Å². The molecule has 2 rings (SSSR count). The Morgan fingerprint density at radius 1 is 1.36 bits per heavy atom. The van der Waals surface area contributed by atoms with Crippen LogP contribution in [-0.4, -0.2) is 37.7 Å². The summed E-state index contributed by atoms with van der Waals surface area (Å²) in [4.78, 5) is 8.61. The normalized spacial score (nSPS) is 16.6. The van der Waals surface area contributed by atoms with Crippen molar-refractivity contribution in [3.05, 3.63) is 17.3 Å². The van der Waals surface area contributed by atoms with Crippen molar-refractivity contribution in [2.45, 2.75) is 46.6 Å². The van der Waals surface area contributed by atoms with Gasteiger partial charge in [-0.2, -0.15) is 0 Å². The molecule has 1 aromatic heterocycles. The van der Waals surface area contributed by atoms with Gasteiger partial charge in [0.15, 0.2) is 5.96 Å². The van der Waals surface area contributed by atoms with Crippen molar-refractivity contribution in [1.82, 2.24) is 15.6 Å². The van der Waals surface area contributed by atoms with Gasteiger partial charge in [-0.3, -0.25) is 4.99 Å². The summed E-state index contributed by atoms with van der Waals surface area (Å²) in [6.45, 7) is 9.03. The summed E-state index contributed by atoms with van der Waals surface area (Å²) in [5.74, 6) is 2.35. The molecule has 0 aromatic carbocycles.